The number of carbonyl (C=O) groups excluding carboxylic acids is 2. The molecule has 0 aromatic heterocycles. The minimum Gasteiger partial charge on any atom is -0.512 e. The molecule has 4 heteroatoms. The fraction of sp³-hybridized carbons (Fsp3) is 0.750. The fourth-order valence-electron chi connectivity index (χ4n) is 3.12. The van der Waals surface area contributed by atoms with Crippen LogP contribution in [0.1, 0.15) is 117 Å². The zero-order valence-electron chi connectivity index (χ0n) is 18.2. The summed E-state index contributed by atoms with van der Waals surface area (Å²) < 4.78 is 0. The van der Waals surface area contributed by atoms with E-state index in [9.17, 15) is 19.8 Å². The van der Waals surface area contributed by atoms with Crippen molar-refractivity contribution in [3.05, 3.63) is 23.7 Å². The van der Waals surface area contributed by atoms with Gasteiger partial charge in [0.2, 0.25) is 11.6 Å². The van der Waals surface area contributed by atoms with E-state index in [4.69, 9.17) is 0 Å². The van der Waals surface area contributed by atoms with E-state index in [0.29, 0.717) is 12.8 Å². The highest BCUT2D eigenvalue weighted by Gasteiger charge is 2.11. The lowest BCUT2D eigenvalue weighted by atomic mass is 10.1. The lowest BCUT2D eigenvalue weighted by Crippen LogP contribution is -2.09. The smallest absolute Gasteiger partial charge is 0.229 e. The van der Waals surface area contributed by atoms with Crippen LogP contribution in [0.2, 0.25) is 0 Å². The van der Waals surface area contributed by atoms with Gasteiger partial charge in [0.25, 0.3) is 0 Å². The Morgan fingerprint density at radius 2 is 0.821 bits per heavy atom. The number of carbonyl (C=O) groups is 2. The van der Waals surface area contributed by atoms with Crippen LogP contribution >= 0.6 is 0 Å². The summed E-state index contributed by atoms with van der Waals surface area (Å²) in [5.41, 5.74) is 0. The molecule has 0 aliphatic carbocycles. The Kier molecular flexibility index (Phi) is 17.7. The van der Waals surface area contributed by atoms with Crippen molar-refractivity contribution >= 4 is 11.6 Å². The van der Waals surface area contributed by atoms with Gasteiger partial charge in [-0.05, 0) is 12.8 Å². The predicted octanol–water partition coefficient (Wildman–Crippen LogP) is 7.29. The quantitative estimate of drug-likeness (QED) is 0.104. The fourth-order valence-corrected chi connectivity index (χ4v) is 3.12. The Morgan fingerprint density at radius 1 is 0.536 bits per heavy atom. The number of hydrogen-bond donors (Lipinski definition) is 2. The molecule has 0 amide bonds. The highest BCUT2D eigenvalue weighted by molar-refractivity contribution is 6.45. The standard InChI is InChI=1S/C24H42O4/c1-3-5-7-9-11-13-15-17-21(25)19-23(27)24(28)20-22(26)18-16-14-12-10-8-6-4-2/h19-20,25-26H,3-18H2,1-2H3/b21-19-,22-20-. The molecule has 0 rings (SSSR count). The van der Waals surface area contributed by atoms with Crippen LogP contribution in [0.25, 0.3) is 0 Å². The molecule has 0 atom stereocenters. The van der Waals surface area contributed by atoms with Crippen molar-refractivity contribution in [1.82, 2.24) is 0 Å². The van der Waals surface area contributed by atoms with Crippen LogP contribution in [-0.2, 0) is 9.59 Å². The van der Waals surface area contributed by atoms with Gasteiger partial charge in [-0.15, -0.1) is 0 Å². The first-order valence-corrected chi connectivity index (χ1v) is 11.4. The van der Waals surface area contributed by atoms with Gasteiger partial charge in [-0.25, -0.2) is 0 Å². The van der Waals surface area contributed by atoms with Crippen molar-refractivity contribution in [1.29, 1.82) is 0 Å². The monoisotopic (exact) mass is 394 g/mol. The highest BCUT2D eigenvalue weighted by Crippen LogP contribution is 2.12. The van der Waals surface area contributed by atoms with Gasteiger partial charge in [0.15, 0.2) is 0 Å². The molecular formula is C24H42O4. The molecule has 0 aromatic carbocycles. The minimum atomic E-state index is -0.772. The second-order valence-corrected chi connectivity index (χ2v) is 7.74. The van der Waals surface area contributed by atoms with Crippen LogP contribution in [0.5, 0.6) is 0 Å². The third-order valence-corrected chi connectivity index (χ3v) is 4.91. The van der Waals surface area contributed by atoms with Gasteiger partial charge >= 0.3 is 0 Å². The predicted molar refractivity (Wildman–Crippen MR) is 117 cm³/mol. The summed E-state index contributed by atoms with van der Waals surface area (Å²) >= 11 is 0. The molecule has 28 heavy (non-hydrogen) atoms. The third kappa shape index (κ3) is 16.6. The second-order valence-electron chi connectivity index (χ2n) is 7.74. The summed E-state index contributed by atoms with van der Waals surface area (Å²) in [7, 11) is 0. The minimum absolute atomic E-state index is 0.0492. The molecular weight excluding hydrogens is 352 g/mol. The van der Waals surface area contributed by atoms with Crippen LogP contribution in [0.3, 0.4) is 0 Å². The zero-order valence-corrected chi connectivity index (χ0v) is 18.2. The number of hydrogen-bond acceptors (Lipinski definition) is 4. The van der Waals surface area contributed by atoms with Gasteiger partial charge in [-0.2, -0.15) is 0 Å². The Labute approximate surface area is 172 Å². The van der Waals surface area contributed by atoms with Gasteiger partial charge in [0, 0.05) is 25.0 Å². The number of allylic oxidation sites excluding steroid dienone is 4. The van der Waals surface area contributed by atoms with E-state index in [1.54, 1.807) is 0 Å². The molecule has 4 nitrogen and oxygen atoms in total. The topological polar surface area (TPSA) is 74.6 Å². The van der Waals surface area contributed by atoms with Crippen molar-refractivity contribution in [3.63, 3.8) is 0 Å². The Balaban J connectivity index is 3.98. The molecule has 0 heterocycles. The summed E-state index contributed by atoms with van der Waals surface area (Å²) in [6, 6.07) is 0. The van der Waals surface area contributed by atoms with Gasteiger partial charge in [-0.3, -0.25) is 9.59 Å². The summed E-state index contributed by atoms with van der Waals surface area (Å²) in [6.07, 6.45) is 18.7. The molecule has 0 aromatic rings. The maximum atomic E-state index is 11.8. The maximum absolute atomic E-state index is 11.8. The molecule has 0 saturated carbocycles. The average molecular weight is 395 g/mol. The number of aliphatic hydroxyl groups is 2. The van der Waals surface area contributed by atoms with Gasteiger partial charge in [-0.1, -0.05) is 90.9 Å². The number of ketones is 2. The average Bonchev–Trinajstić information content (AvgIpc) is 2.66. The van der Waals surface area contributed by atoms with Gasteiger partial charge in [0.05, 0.1) is 11.5 Å². The molecule has 0 aliphatic rings. The van der Waals surface area contributed by atoms with Crippen LogP contribution in [-0.4, -0.2) is 21.8 Å². The number of unbranched alkanes of at least 4 members (excludes halogenated alkanes) is 12. The summed E-state index contributed by atoms with van der Waals surface area (Å²) in [6.45, 7) is 4.37. The first kappa shape index (κ1) is 26.4. The van der Waals surface area contributed by atoms with Crippen molar-refractivity contribution in [2.75, 3.05) is 0 Å². The largest absolute Gasteiger partial charge is 0.512 e. The van der Waals surface area contributed by atoms with Gasteiger partial charge < -0.3 is 10.2 Å². The second kappa shape index (κ2) is 18.8. The van der Waals surface area contributed by atoms with E-state index >= 15 is 0 Å². The van der Waals surface area contributed by atoms with E-state index < -0.39 is 11.6 Å². The van der Waals surface area contributed by atoms with Crippen LogP contribution < -0.4 is 0 Å². The van der Waals surface area contributed by atoms with Crippen molar-refractivity contribution in [2.45, 2.75) is 117 Å². The van der Waals surface area contributed by atoms with E-state index in [-0.39, 0.29) is 11.5 Å². The molecule has 0 fully saturated rings. The molecule has 0 radical (unpaired) electrons. The normalized spacial score (nSPS) is 12.4. The molecule has 0 bridgehead atoms. The molecule has 0 saturated heterocycles. The lowest BCUT2D eigenvalue weighted by molar-refractivity contribution is -0.131. The van der Waals surface area contributed by atoms with E-state index in [1.807, 2.05) is 0 Å². The van der Waals surface area contributed by atoms with Crippen LogP contribution in [0.15, 0.2) is 23.7 Å². The Bertz CT molecular complexity index is 433. The molecule has 0 aliphatic heterocycles. The molecule has 162 valence electrons. The molecule has 0 unspecified atom stereocenters. The number of aliphatic hydroxyl groups excluding tert-OH is 2. The van der Waals surface area contributed by atoms with Crippen molar-refractivity contribution in [2.24, 2.45) is 0 Å². The zero-order chi connectivity index (χ0) is 21.0. The maximum Gasteiger partial charge on any atom is 0.229 e. The first-order valence-electron chi connectivity index (χ1n) is 11.4. The third-order valence-electron chi connectivity index (χ3n) is 4.91. The molecule has 2 N–H and O–H groups in total. The first-order chi connectivity index (χ1) is 13.5. The van der Waals surface area contributed by atoms with Crippen LogP contribution in [0.4, 0.5) is 0 Å². The van der Waals surface area contributed by atoms with E-state index in [1.165, 1.54) is 51.4 Å². The SMILES string of the molecule is CCCCCCCCC/C(O)=C/C(=O)C(=O)/C=C(\O)CCCCCCCCC. The number of rotatable bonds is 19. The lowest BCUT2D eigenvalue weighted by Gasteiger charge is -2.02. The van der Waals surface area contributed by atoms with Gasteiger partial charge in [0.1, 0.15) is 0 Å². The van der Waals surface area contributed by atoms with Crippen molar-refractivity contribution < 1.29 is 19.8 Å². The Hall–Kier alpha value is -1.58. The van der Waals surface area contributed by atoms with E-state index in [0.717, 1.165) is 50.7 Å². The highest BCUT2D eigenvalue weighted by atomic mass is 16.3. The van der Waals surface area contributed by atoms with E-state index in [2.05, 4.69) is 13.8 Å². The molecule has 0 spiro atoms. The van der Waals surface area contributed by atoms with Crippen LogP contribution in [0, 0.1) is 0 Å². The van der Waals surface area contributed by atoms with Crippen molar-refractivity contribution in [3.8, 4) is 0 Å². The summed E-state index contributed by atoms with van der Waals surface area (Å²) in [5.74, 6) is -1.64. The summed E-state index contributed by atoms with van der Waals surface area (Å²) in [5, 5.41) is 19.6. The summed E-state index contributed by atoms with van der Waals surface area (Å²) in [4.78, 5) is 23.7. The Morgan fingerprint density at radius 3 is 1.14 bits per heavy atom.